The van der Waals surface area contributed by atoms with E-state index < -0.39 is 10.4 Å². The summed E-state index contributed by atoms with van der Waals surface area (Å²) in [5.41, 5.74) is 0.537. The lowest BCUT2D eigenvalue weighted by molar-refractivity contribution is 0.168. The van der Waals surface area contributed by atoms with Gasteiger partial charge in [-0.1, -0.05) is 18.5 Å². The van der Waals surface area contributed by atoms with E-state index in [-0.39, 0.29) is 11.8 Å². The number of carbonyl (C=O) groups is 1. The van der Waals surface area contributed by atoms with Crippen molar-refractivity contribution < 1.29 is 14.3 Å². The minimum atomic E-state index is -0.710. The SMILES string of the molecule is CCOC(=O)Nc1ccc(OCC2C(C)C2(Cl)Cl)c(Cl)c1. The van der Waals surface area contributed by atoms with Gasteiger partial charge in [0.15, 0.2) is 0 Å². The number of carbonyl (C=O) groups excluding carboxylic acids is 1. The Balaban J connectivity index is 1.92. The Morgan fingerprint density at radius 2 is 2.10 bits per heavy atom. The molecule has 0 heterocycles. The zero-order valence-corrected chi connectivity index (χ0v) is 13.9. The molecule has 1 aromatic carbocycles. The van der Waals surface area contributed by atoms with E-state index in [0.717, 1.165) is 0 Å². The standard InChI is InChI=1S/C14H16Cl3NO3/c1-3-20-13(19)18-9-4-5-12(11(15)6-9)21-7-10-8(2)14(10,16)17/h4-6,8,10H,3,7H2,1-2H3,(H,18,19). The van der Waals surface area contributed by atoms with Crippen LogP contribution >= 0.6 is 34.8 Å². The first-order valence-electron chi connectivity index (χ1n) is 6.60. The van der Waals surface area contributed by atoms with Crippen LogP contribution in [0.1, 0.15) is 13.8 Å². The molecule has 0 aliphatic heterocycles. The second-order valence-corrected chi connectivity index (χ2v) is 6.72. The van der Waals surface area contributed by atoms with Gasteiger partial charge in [0.05, 0.1) is 18.2 Å². The Kier molecular flexibility index (Phi) is 5.12. The summed E-state index contributed by atoms with van der Waals surface area (Å²) in [6.45, 7) is 4.41. The van der Waals surface area contributed by atoms with Gasteiger partial charge in [-0.3, -0.25) is 5.32 Å². The Bertz CT molecular complexity index is 536. The van der Waals surface area contributed by atoms with Crippen LogP contribution in [-0.2, 0) is 4.74 Å². The van der Waals surface area contributed by atoms with Crippen LogP contribution in [0.3, 0.4) is 0 Å². The van der Waals surface area contributed by atoms with Gasteiger partial charge in [0.1, 0.15) is 10.1 Å². The van der Waals surface area contributed by atoms with Gasteiger partial charge in [0, 0.05) is 11.6 Å². The van der Waals surface area contributed by atoms with Crippen LogP contribution in [-0.4, -0.2) is 23.6 Å². The number of ether oxygens (including phenoxy) is 2. The van der Waals surface area contributed by atoms with E-state index >= 15 is 0 Å². The van der Waals surface area contributed by atoms with Crippen molar-refractivity contribution in [3.05, 3.63) is 23.2 Å². The third kappa shape index (κ3) is 3.87. The molecule has 116 valence electrons. The Hall–Kier alpha value is -0.840. The molecule has 1 N–H and O–H groups in total. The molecule has 1 fully saturated rings. The van der Waals surface area contributed by atoms with Gasteiger partial charge in [0.2, 0.25) is 0 Å². The largest absolute Gasteiger partial charge is 0.492 e. The summed E-state index contributed by atoms with van der Waals surface area (Å²) < 4.78 is 9.70. The average molecular weight is 353 g/mol. The summed E-state index contributed by atoms with van der Waals surface area (Å²) in [6.07, 6.45) is -0.525. The number of benzene rings is 1. The molecule has 2 atom stereocenters. The normalized spacial score (nSPS) is 22.5. The molecular formula is C14H16Cl3NO3. The second kappa shape index (κ2) is 6.51. The van der Waals surface area contributed by atoms with E-state index in [1.54, 1.807) is 25.1 Å². The molecule has 2 rings (SSSR count). The molecule has 0 bridgehead atoms. The van der Waals surface area contributed by atoms with Gasteiger partial charge in [-0.2, -0.15) is 0 Å². The summed E-state index contributed by atoms with van der Waals surface area (Å²) in [6, 6.07) is 4.96. The minimum Gasteiger partial charge on any atom is -0.492 e. The molecule has 21 heavy (non-hydrogen) atoms. The number of alkyl halides is 2. The predicted octanol–water partition coefficient (Wildman–Crippen LogP) is 4.73. The molecular weight excluding hydrogens is 337 g/mol. The van der Waals surface area contributed by atoms with E-state index in [4.69, 9.17) is 44.3 Å². The number of nitrogens with one attached hydrogen (secondary N) is 1. The number of halogens is 3. The van der Waals surface area contributed by atoms with Gasteiger partial charge >= 0.3 is 6.09 Å². The molecule has 2 unspecified atom stereocenters. The maximum atomic E-state index is 11.3. The molecule has 7 heteroatoms. The summed E-state index contributed by atoms with van der Waals surface area (Å²) in [5, 5.41) is 2.96. The number of anilines is 1. The Labute approximate surface area is 138 Å². The van der Waals surface area contributed by atoms with Crippen molar-refractivity contribution >= 4 is 46.6 Å². The van der Waals surface area contributed by atoms with Crippen LogP contribution in [0, 0.1) is 11.8 Å². The number of amides is 1. The highest BCUT2D eigenvalue weighted by Gasteiger charge is 2.60. The average Bonchev–Trinajstić information content (AvgIpc) is 2.87. The van der Waals surface area contributed by atoms with Crippen LogP contribution < -0.4 is 10.1 Å². The first-order valence-corrected chi connectivity index (χ1v) is 7.73. The van der Waals surface area contributed by atoms with Crippen LogP contribution in [0.5, 0.6) is 5.75 Å². The van der Waals surface area contributed by atoms with Gasteiger partial charge in [0.25, 0.3) is 0 Å². The molecule has 1 amide bonds. The maximum Gasteiger partial charge on any atom is 0.411 e. The van der Waals surface area contributed by atoms with Crippen LogP contribution in [0.2, 0.25) is 5.02 Å². The second-order valence-electron chi connectivity index (χ2n) is 4.87. The van der Waals surface area contributed by atoms with Gasteiger partial charge < -0.3 is 9.47 Å². The zero-order chi connectivity index (χ0) is 15.6. The molecule has 0 saturated heterocycles. The lowest BCUT2D eigenvalue weighted by Gasteiger charge is -2.10. The first kappa shape index (κ1) is 16.5. The maximum absolute atomic E-state index is 11.3. The van der Waals surface area contributed by atoms with E-state index in [9.17, 15) is 4.79 Å². The van der Waals surface area contributed by atoms with Crippen LogP contribution in [0.4, 0.5) is 10.5 Å². The third-order valence-electron chi connectivity index (χ3n) is 3.47. The molecule has 0 spiro atoms. The molecule has 1 aromatic rings. The molecule has 0 aromatic heterocycles. The zero-order valence-electron chi connectivity index (χ0n) is 11.7. The fourth-order valence-corrected chi connectivity index (χ4v) is 2.89. The smallest absolute Gasteiger partial charge is 0.411 e. The molecule has 0 radical (unpaired) electrons. The van der Waals surface area contributed by atoms with Crippen molar-refractivity contribution in [1.82, 2.24) is 0 Å². The van der Waals surface area contributed by atoms with Crippen molar-refractivity contribution in [2.45, 2.75) is 18.2 Å². The topological polar surface area (TPSA) is 47.6 Å². The third-order valence-corrected chi connectivity index (χ3v) is 5.01. The molecule has 1 saturated carbocycles. The van der Waals surface area contributed by atoms with Crippen LogP contribution in [0.25, 0.3) is 0 Å². The van der Waals surface area contributed by atoms with E-state index in [2.05, 4.69) is 5.32 Å². The number of rotatable bonds is 5. The van der Waals surface area contributed by atoms with Crippen LogP contribution in [0.15, 0.2) is 18.2 Å². The minimum absolute atomic E-state index is 0.0919. The number of hydrogen-bond donors (Lipinski definition) is 1. The lowest BCUT2D eigenvalue weighted by atomic mass is 10.3. The predicted molar refractivity (Wildman–Crippen MR) is 84.7 cm³/mol. The highest BCUT2D eigenvalue weighted by atomic mass is 35.5. The van der Waals surface area contributed by atoms with Gasteiger partial charge in [-0.15, -0.1) is 23.2 Å². The highest BCUT2D eigenvalue weighted by molar-refractivity contribution is 6.51. The monoisotopic (exact) mass is 351 g/mol. The summed E-state index contributed by atoms with van der Waals surface area (Å²) >= 11 is 18.3. The van der Waals surface area contributed by atoms with E-state index in [0.29, 0.717) is 29.7 Å². The van der Waals surface area contributed by atoms with E-state index in [1.165, 1.54) is 0 Å². The van der Waals surface area contributed by atoms with E-state index in [1.807, 2.05) is 6.92 Å². The number of hydrogen-bond acceptors (Lipinski definition) is 3. The summed E-state index contributed by atoms with van der Waals surface area (Å²) in [5.74, 6) is 0.813. The molecule has 1 aliphatic carbocycles. The first-order chi connectivity index (χ1) is 9.86. The van der Waals surface area contributed by atoms with Crippen molar-refractivity contribution in [1.29, 1.82) is 0 Å². The van der Waals surface area contributed by atoms with Crippen molar-refractivity contribution in [3.63, 3.8) is 0 Å². The fraction of sp³-hybridized carbons (Fsp3) is 0.500. The molecule has 1 aliphatic rings. The summed E-state index contributed by atoms with van der Waals surface area (Å²) in [7, 11) is 0. The quantitative estimate of drug-likeness (QED) is 0.779. The Morgan fingerprint density at radius 3 is 2.62 bits per heavy atom. The summed E-state index contributed by atoms with van der Waals surface area (Å²) in [4.78, 5) is 11.3. The highest BCUT2D eigenvalue weighted by Crippen LogP contribution is 2.58. The molecule has 4 nitrogen and oxygen atoms in total. The van der Waals surface area contributed by atoms with Crippen molar-refractivity contribution in [2.75, 3.05) is 18.5 Å². The lowest BCUT2D eigenvalue weighted by Crippen LogP contribution is -2.13. The Morgan fingerprint density at radius 1 is 1.43 bits per heavy atom. The fourth-order valence-electron chi connectivity index (χ4n) is 1.98. The van der Waals surface area contributed by atoms with Crippen molar-refractivity contribution in [3.8, 4) is 5.75 Å². The van der Waals surface area contributed by atoms with Gasteiger partial charge in [-0.25, -0.2) is 4.79 Å². The van der Waals surface area contributed by atoms with Gasteiger partial charge in [-0.05, 0) is 31.0 Å². The van der Waals surface area contributed by atoms with Crippen molar-refractivity contribution in [2.24, 2.45) is 11.8 Å².